The summed E-state index contributed by atoms with van der Waals surface area (Å²) in [4.78, 5) is 26.4. The van der Waals surface area contributed by atoms with Crippen LogP contribution in [0.15, 0.2) is 52.1 Å². The number of aromatic hydroxyl groups is 2. The highest BCUT2D eigenvalue weighted by molar-refractivity contribution is 5.96. The smallest absolute Gasteiger partial charge is 0.331 e. The lowest BCUT2D eigenvalue weighted by atomic mass is 9.86. The molecule has 8 heteroatoms. The number of fused-ring (bicyclic) bond motifs is 3. The number of benzene rings is 2. The first-order chi connectivity index (χ1) is 16.5. The molecule has 8 nitrogen and oxygen atoms in total. The number of aryl methyl sites for hydroxylation is 1. The van der Waals surface area contributed by atoms with E-state index in [-0.39, 0.29) is 22.5 Å². The molecule has 1 atom stereocenters. The van der Waals surface area contributed by atoms with Crippen molar-refractivity contribution in [1.29, 1.82) is 0 Å². The minimum atomic E-state index is -0.729. The molecule has 2 aromatic carbocycles. The lowest BCUT2D eigenvalue weighted by Crippen LogP contribution is -2.37. The normalized spacial score (nSPS) is 16.0. The average molecular weight is 476 g/mol. The van der Waals surface area contributed by atoms with Crippen LogP contribution in [-0.4, -0.2) is 30.5 Å². The molecule has 4 aromatic rings. The Hall–Kier alpha value is -3.78. The second-order valence-corrected chi connectivity index (χ2v) is 10.1. The zero-order chi connectivity index (χ0) is 25.2. The van der Waals surface area contributed by atoms with Crippen molar-refractivity contribution in [3.05, 3.63) is 80.1 Å². The van der Waals surface area contributed by atoms with E-state index in [0.29, 0.717) is 35.3 Å². The fourth-order valence-electron chi connectivity index (χ4n) is 5.00. The summed E-state index contributed by atoms with van der Waals surface area (Å²) in [6.45, 7) is 7.27. The summed E-state index contributed by atoms with van der Waals surface area (Å²) in [5.41, 5.74) is 3.47. The van der Waals surface area contributed by atoms with E-state index in [0.717, 1.165) is 15.8 Å². The van der Waals surface area contributed by atoms with Crippen molar-refractivity contribution in [2.45, 2.75) is 38.8 Å². The lowest BCUT2D eigenvalue weighted by molar-refractivity contribution is 0.0464. The van der Waals surface area contributed by atoms with Crippen molar-refractivity contribution in [2.24, 2.45) is 14.1 Å². The average Bonchev–Trinajstić information content (AvgIpc) is 3.16. The molecule has 0 radical (unpaired) electrons. The van der Waals surface area contributed by atoms with Crippen LogP contribution >= 0.6 is 0 Å². The zero-order valence-corrected chi connectivity index (χ0v) is 20.5. The van der Waals surface area contributed by atoms with Gasteiger partial charge in [0.25, 0.3) is 5.56 Å². The van der Waals surface area contributed by atoms with Gasteiger partial charge in [-0.15, -0.1) is 0 Å². The summed E-state index contributed by atoms with van der Waals surface area (Å²) in [6, 6.07) is 12.5. The van der Waals surface area contributed by atoms with Crippen molar-refractivity contribution in [2.75, 3.05) is 6.61 Å². The van der Waals surface area contributed by atoms with Crippen LogP contribution in [0.3, 0.4) is 0 Å². The number of hydrogen-bond acceptors (Lipinski definition) is 5. The van der Waals surface area contributed by atoms with Gasteiger partial charge in [0.2, 0.25) is 0 Å². The molecule has 0 fully saturated rings. The monoisotopic (exact) mass is 475 g/mol. The summed E-state index contributed by atoms with van der Waals surface area (Å²) >= 11 is 0. The molecule has 35 heavy (non-hydrogen) atoms. The minimum Gasteiger partial charge on any atom is -0.508 e. The zero-order valence-electron chi connectivity index (χ0n) is 20.5. The predicted octanol–water partition coefficient (Wildman–Crippen LogP) is 3.53. The number of aromatic nitrogens is 3. The molecule has 0 unspecified atom stereocenters. The van der Waals surface area contributed by atoms with Gasteiger partial charge in [-0.05, 0) is 28.7 Å². The van der Waals surface area contributed by atoms with E-state index in [4.69, 9.17) is 4.74 Å². The van der Waals surface area contributed by atoms with Crippen LogP contribution < -0.4 is 11.2 Å². The van der Waals surface area contributed by atoms with Gasteiger partial charge in [-0.3, -0.25) is 13.9 Å². The number of ether oxygens (including phenoxy) is 1. The van der Waals surface area contributed by atoms with Crippen LogP contribution in [0.2, 0.25) is 0 Å². The van der Waals surface area contributed by atoms with Crippen LogP contribution in [0.1, 0.15) is 43.7 Å². The third-order valence-electron chi connectivity index (χ3n) is 6.87. The quantitative estimate of drug-likeness (QED) is 0.462. The Morgan fingerprint density at radius 1 is 0.971 bits per heavy atom. The van der Waals surface area contributed by atoms with E-state index in [1.807, 2.05) is 16.7 Å². The summed E-state index contributed by atoms with van der Waals surface area (Å²) in [7, 11) is 3.12. The highest BCUT2D eigenvalue weighted by Gasteiger charge is 2.34. The van der Waals surface area contributed by atoms with Gasteiger partial charge in [0, 0.05) is 32.3 Å². The van der Waals surface area contributed by atoms with Gasteiger partial charge in [-0.2, -0.15) is 0 Å². The van der Waals surface area contributed by atoms with Crippen LogP contribution in [0.25, 0.3) is 22.2 Å². The number of phenols is 2. The minimum absolute atomic E-state index is 0.0193. The van der Waals surface area contributed by atoms with Gasteiger partial charge in [0.05, 0.1) is 28.9 Å². The first-order valence-corrected chi connectivity index (χ1v) is 11.6. The third-order valence-corrected chi connectivity index (χ3v) is 6.87. The van der Waals surface area contributed by atoms with Crippen molar-refractivity contribution in [3.63, 3.8) is 0 Å². The van der Waals surface area contributed by atoms with Crippen molar-refractivity contribution >= 4 is 10.9 Å². The fourth-order valence-corrected chi connectivity index (χ4v) is 5.00. The van der Waals surface area contributed by atoms with Gasteiger partial charge >= 0.3 is 5.69 Å². The molecule has 0 saturated carbocycles. The molecule has 0 spiro atoms. The second-order valence-electron chi connectivity index (χ2n) is 10.1. The van der Waals surface area contributed by atoms with Gasteiger partial charge in [0.1, 0.15) is 17.6 Å². The van der Waals surface area contributed by atoms with E-state index in [1.165, 1.54) is 29.3 Å². The standard InChI is InChI=1S/C27H29N3O5/c1-27(2,3)16-8-6-15(7-9-16)21-20-22(28(4)26(34)29(5)25(20)33)23-24(35-13-12-30(21)23)18-11-10-17(31)14-19(18)32/h6-11,14,24,31-32H,12-13H2,1-5H3/t24-/m1/s1. The molecule has 1 aliphatic rings. The van der Waals surface area contributed by atoms with Crippen LogP contribution in [0.5, 0.6) is 11.5 Å². The number of rotatable bonds is 2. The summed E-state index contributed by atoms with van der Waals surface area (Å²) < 4.78 is 10.7. The summed E-state index contributed by atoms with van der Waals surface area (Å²) in [5, 5.41) is 20.8. The van der Waals surface area contributed by atoms with Crippen LogP contribution in [0.4, 0.5) is 0 Å². The largest absolute Gasteiger partial charge is 0.508 e. The molecule has 2 aromatic heterocycles. The van der Waals surface area contributed by atoms with Gasteiger partial charge in [-0.1, -0.05) is 45.0 Å². The fraction of sp³-hybridized carbons (Fsp3) is 0.333. The molecule has 3 heterocycles. The molecule has 5 rings (SSSR count). The molecule has 2 N–H and O–H groups in total. The van der Waals surface area contributed by atoms with Gasteiger partial charge in [0.15, 0.2) is 0 Å². The first kappa shape index (κ1) is 23.0. The molecule has 0 amide bonds. The summed E-state index contributed by atoms with van der Waals surface area (Å²) in [5.74, 6) is -0.189. The Morgan fingerprint density at radius 3 is 2.29 bits per heavy atom. The topological polar surface area (TPSA) is 98.6 Å². The van der Waals surface area contributed by atoms with Crippen molar-refractivity contribution in [3.8, 4) is 22.8 Å². The third kappa shape index (κ3) is 3.47. The van der Waals surface area contributed by atoms with Crippen LogP contribution in [-0.2, 0) is 30.8 Å². The Kier molecular flexibility index (Phi) is 5.18. The molecule has 182 valence electrons. The summed E-state index contributed by atoms with van der Waals surface area (Å²) in [6.07, 6.45) is -0.729. The van der Waals surface area contributed by atoms with E-state index >= 15 is 0 Å². The van der Waals surface area contributed by atoms with Crippen molar-refractivity contribution < 1.29 is 14.9 Å². The maximum atomic E-state index is 13.5. The number of phenolic OH excluding ortho intramolecular Hbond substituents is 2. The molecule has 0 aliphatic carbocycles. The van der Waals surface area contributed by atoms with Crippen molar-refractivity contribution in [1.82, 2.24) is 13.7 Å². The highest BCUT2D eigenvalue weighted by atomic mass is 16.5. The van der Waals surface area contributed by atoms with Gasteiger partial charge < -0.3 is 19.5 Å². The Morgan fingerprint density at radius 2 is 1.66 bits per heavy atom. The van der Waals surface area contributed by atoms with E-state index in [1.54, 1.807) is 13.1 Å². The SMILES string of the molecule is Cn1c(=O)c2c(-c3ccc(C(C)(C)C)cc3)n3c(c2n(C)c1=O)[C@@H](c1ccc(O)cc1O)OCC3. The Bertz CT molecular complexity index is 1580. The molecule has 0 bridgehead atoms. The molecular weight excluding hydrogens is 446 g/mol. The molecule has 0 saturated heterocycles. The van der Waals surface area contributed by atoms with Gasteiger partial charge in [-0.25, -0.2) is 4.79 Å². The second kappa shape index (κ2) is 7.88. The molecule has 1 aliphatic heterocycles. The number of nitrogens with zero attached hydrogens (tertiary/aromatic N) is 3. The maximum absolute atomic E-state index is 13.5. The Labute approximate surface area is 202 Å². The van der Waals surface area contributed by atoms with E-state index in [2.05, 4.69) is 32.9 Å². The maximum Gasteiger partial charge on any atom is 0.331 e. The van der Waals surface area contributed by atoms with Crippen LogP contribution in [0, 0.1) is 0 Å². The number of hydrogen-bond donors (Lipinski definition) is 2. The molecular formula is C27H29N3O5. The van der Waals surface area contributed by atoms with E-state index in [9.17, 15) is 19.8 Å². The lowest BCUT2D eigenvalue weighted by Gasteiger charge is -2.28. The van der Waals surface area contributed by atoms with E-state index < -0.39 is 11.8 Å². The highest BCUT2D eigenvalue weighted by Crippen LogP contribution is 2.43. The predicted molar refractivity (Wildman–Crippen MR) is 134 cm³/mol. The first-order valence-electron chi connectivity index (χ1n) is 11.6. The Balaban J connectivity index is 1.88.